The van der Waals surface area contributed by atoms with Crippen molar-refractivity contribution in [1.82, 2.24) is 13.8 Å². The maximum Gasteiger partial charge on any atom is 0.415 e. The maximum atomic E-state index is 12.4. The molecule has 118 valence electrons. The molecule has 3 rings (SSSR count). The van der Waals surface area contributed by atoms with Crippen LogP contribution in [0.2, 0.25) is 0 Å². The SMILES string of the molecule is C[n+]1ccn(C(=O)N2CCN(S(=O)(=O)c3cccs3)CC2)c1. The van der Waals surface area contributed by atoms with E-state index in [2.05, 4.69) is 0 Å². The second-order valence-electron chi connectivity index (χ2n) is 5.09. The standard InChI is InChI=1S/C13H17N4O3S2/c1-14-4-5-16(11-14)13(18)15-6-8-17(9-7-15)22(19,20)12-3-2-10-21-12/h2-5,10-11H,6-9H2,1H3/q+1. The molecule has 9 heteroatoms. The zero-order chi connectivity index (χ0) is 15.7. The molecule has 1 aliphatic heterocycles. The lowest BCUT2D eigenvalue weighted by molar-refractivity contribution is -0.670. The van der Waals surface area contributed by atoms with Crippen molar-refractivity contribution in [2.75, 3.05) is 26.2 Å². The number of aryl methyl sites for hydroxylation is 1. The van der Waals surface area contributed by atoms with E-state index in [-0.39, 0.29) is 6.03 Å². The summed E-state index contributed by atoms with van der Waals surface area (Å²) in [5.74, 6) is 0. The highest BCUT2D eigenvalue weighted by Crippen LogP contribution is 2.22. The molecule has 1 saturated heterocycles. The van der Waals surface area contributed by atoms with Gasteiger partial charge in [-0.05, 0) is 11.4 Å². The number of rotatable bonds is 2. The van der Waals surface area contributed by atoms with Crippen molar-refractivity contribution in [2.24, 2.45) is 7.05 Å². The summed E-state index contributed by atoms with van der Waals surface area (Å²) in [7, 11) is -1.58. The Balaban J connectivity index is 1.67. The summed E-state index contributed by atoms with van der Waals surface area (Å²) in [5.41, 5.74) is 0. The Morgan fingerprint density at radius 2 is 2.00 bits per heavy atom. The van der Waals surface area contributed by atoms with Crippen LogP contribution in [0.3, 0.4) is 0 Å². The molecule has 0 saturated carbocycles. The molecule has 0 atom stereocenters. The summed E-state index contributed by atoms with van der Waals surface area (Å²) in [6, 6.07) is 3.20. The molecule has 22 heavy (non-hydrogen) atoms. The third kappa shape index (κ3) is 2.79. The normalized spacial score (nSPS) is 16.9. The smallest absolute Gasteiger partial charge is 0.302 e. The summed E-state index contributed by atoms with van der Waals surface area (Å²) in [6.07, 6.45) is 5.17. The predicted molar refractivity (Wildman–Crippen MR) is 81.1 cm³/mol. The van der Waals surface area contributed by atoms with E-state index >= 15 is 0 Å². The Morgan fingerprint density at radius 3 is 2.55 bits per heavy atom. The molecule has 0 radical (unpaired) electrons. The number of imidazole rings is 1. The molecule has 1 aliphatic rings. The van der Waals surface area contributed by atoms with E-state index < -0.39 is 10.0 Å². The molecule has 0 aliphatic carbocycles. The first-order chi connectivity index (χ1) is 10.5. The van der Waals surface area contributed by atoms with Crippen molar-refractivity contribution in [3.05, 3.63) is 36.2 Å². The number of sulfonamides is 1. The Labute approximate surface area is 133 Å². The van der Waals surface area contributed by atoms with Crippen molar-refractivity contribution >= 4 is 27.4 Å². The molecule has 3 heterocycles. The van der Waals surface area contributed by atoms with Gasteiger partial charge in [-0.1, -0.05) is 6.07 Å². The van der Waals surface area contributed by atoms with E-state index in [1.165, 1.54) is 20.2 Å². The van der Waals surface area contributed by atoms with Crippen LogP contribution in [0, 0.1) is 0 Å². The number of carbonyl (C=O) groups is 1. The minimum Gasteiger partial charge on any atom is -0.302 e. The monoisotopic (exact) mass is 341 g/mol. The van der Waals surface area contributed by atoms with Crippen LogP contribution in [-0.2, 0) is 17.1 Å². The summed E-state index contributed by atoms with van der Waals surface area (Å²) in [5, 5.41) is 1.75. The fourth-order valence-electron chi connectivity index (χ4n) is 2.38. The zero-order valence-electron chi connectivity index (χ0n) is 12.1. The fourth-order valence-corrected chi connectivity index (χ4v) is 4.95. The van der Waals surface area contributed by atoms with Crippen LogP contribution in [0.25, 0.3) is 0 Å². The summed E-state index contributed by atoms with van der Waals surface area (Å²) < 4.78 is 29.9. The van der Waals surface area contributed by atoms with Gasteiger partial charge in [0.2, 0.25) is 0 Å². The fraction of sp³-hybridized carbons (Fsp3) is 0.385. The second kappa shape index (κ2) is 5.82. The van der Waals surface area contributed by atoms with Crippen LogP contribution in [0.15, 0.2) is 40.4 Å². The number of piperazine rings is 1. The molecular formula is C13H17N4O3S2+. The number of aromatic nitrogens is 2. The highest BCUT2D eigenvalue weighted by atomic mass is 32.2. The van der Waals surface area contributed by atoms with Gasteiger partial charge in [-0.15, -0.1) is 11.3 Å². The highest BCUT2D eigenvalue weighted by molar-refractivity contribution is 7.91. The van der Waals surface area contributed by atoms with E-state index in [0.29, 0.717) is 30.4 Å². The molecule has 0 unspecified atom stereocenters. The number of hydrogen-bond donors (Lipinski definition) is 0. The van der Waals surface area contributed by atoms with Gasteiger partial charge in [0.1, 0.15) is 16.6 Å². The van der Waals surface area contributed by atoms with Gasteiger partial charge in [0.15, 0.2) is 0 Å². The molecule has 2 aromatic heterocycles. The largest absolute Gasteiger partial charge is 0.415 e. The first kappa shape index (κ1) is 15.2. The van der Waals surface area contributed by atoms with Crippen molar-refractivity contribution in [3.63, 3.8) is 0 Å². The molecule has 0 aromatic carbocycles. The summed E-state index contributed by atoms with van der Waals surface area (Å²) in [4.78, 5) is 14.0. The molecule has 0 spiro atoms. The van der Waals surface area contributed by atoms with Crippen molar-refractivity contribution in [3.8, 4) is 0 Å². The zero-order valence-corrected chi connectivity index (χ0v) is 13.8. The maximum absolute atomic E-state index is 12.4. The number of hydrogen-bond acceptors (Lipinski definition) is 4. The average Bonchev–Trinajstić information content (AvgIpc) is 3.18. The molecule has 2 aromatic rings. The quantitative estimate of drug-likeness (QED) is 0.740. The molecular weight excluding hydrogens is 324 g/mol. The first-order valence-corrected chi connectivity index (χ1v) is 9.16. The number of amides is 1. The van der Waals surface area contributed by atoms with Crippen LogP contribution in [0.4, 0.5) is 4.79 Å². The Kier molecular flexibility index (Phi) is 4.02. The van der Waals surface area contributed by atoms with Gasteiger partial charge in [0.05, 0.1) is 7.05 Å². The number of carbonyl (C=O) groups excluding carboxylic acids is 1. The van der Waals surface area contributed by atoms with Gasteiger partial charge >= 0.3 is 6.03 Å². The van der Waals surface area contributed by atoms with Crippen LogP contribution in [-0.4, -0.2) is 54.4 Å². The Hall–Kier alpha value is -1.71. The second-order valence-corrected chi connectivity index (χ2v) is 8.20. The third-order valence-electron chi connectivity index (χ3n) is 3.59. The lowest BCUT2D eigenvalue weighted by Gasteiger charge is -2.32. The lowest BCUT2D eigenvalue weighted by atomic mass is 10.4. The minimum absolute atomic E-state index is 0.131. The average molecular weight is 341 g/mol. The summed E-state index contributed by atoms with van der Waals surface area (Å²) >= 11 is 1.21. The van der Waals surface area contributed by atoms with Gasteiger partial charge < -0.3 is 4.90 Å². The number of nitrogens with zero attached hydrogens (tertiary/aromatic N) is 4. The highest BCUT2D eigenvalue weighted by Gasteiger charge is 2.32. The van der Waals surface area contributed by atoms with Crippen LogP contribution in [0.5, 0.6) is 0 Å². The molecule has 1 fully saturated rings. The van der Waals surface area contributed by atoms with E-state index in [4.69, 9.17) is 0 Å². The topological polar surface area (TPSA) is 66.5 Å². The third-order valence-corrected chi connectivity index (χ3v) is 6.86. The van der Waals surface area contributed by atoms with E-state index in [1.54, 1.807) is 45.7 Å². The van der Waals surface area contributed by atoms with Crippen molar-refractivity contribution < 1.29 is 17.8 Å². The molecule has 0 bridgehead atoms. The van der Waals surface area contributed by atoms with Crippen molar-refractivity contribution in [1.29, 1.82) is 0 Å². The van der Waals surface area contributed by atoms with E-state index in [9.17, 15) is 13.2 Å². The summed E-state index contributed by atoms with van der Waals surface area (Å²) in [6.45, 7) is 1.43. The lowest BCUT2D eigenvalue weighted by Crippen LogP contribution is -2.51. The van der Waals surface area contributed by atoms with E-state index in [0.717, 1.165) is 0 Å². The predicted octanol–water partition coefficient (Wildman–Crippen LogP) is 0.349. The number of thiophene rings is 1. The molecule has 1 amide bonds. The van der Waals surface area contributed by atoms with Gasteiger partial charge in [0.25, 0.3) is 16.4 Å². The molecule has 7 nitrogen and oxygen atoms in total. The van der Waals surface area contributed by atoms with Gasteiger partial charge in [-0.25, -0.2) is 17.8 Å². The van der Waals surface area contributed by atoms with Crippen LogP contribution in [0.1, 0.15) is 0 Å². The first-order valence-electron chi connectivity index (χ1n) is 6.84. The van der Waals surface area contributed by atoms with Gasteiger partial charge in [-0.3, -0.25) is 0 Å². The van der Waals surface area contributed by atoms with Gasteiger partial charge in [-0.2, -0.15) is 8.87 Å². The molecule has 0 N–H and O–H groups in total. The minimum atomic E-state index is -3.43. The Morgan fingerprint density at radius 1 is 1.27 bits per heavy atom. The van der Waals surface area contributed by atoms with Crippen molar-refractivity contribution in [2.45, 2.75) is 4.21 Å². The van der Waals surface area contributed by atoms with Crippen LogP contribution < -0.4 is 4.57 Å². The van der Waals surface area contributed by atoms with E-state index in [1.807, 2.05) is 7.05 Å². The Bertz CT molecular complexity index is 759. The van der Waals surface area contributed by atoms with Gasteiger partial charge in [0, 0.05) is 26.2 Å². The van der Waals surface area contributed by atoms with Crippen LogP contribution >= 0.6 is 11.3 Å².